The van der Waals surface area contributed by atoms with Crippen LogP contribution in [0.2, 0.25) is 0 Å². The lowest BCUT2D eigenvalue weighted by Gasteiger charge is -2.22. The molecule has 1 rings (SSSR count). The molecule has 3 heteroatoms. The largest absolute Gasteiger partial charge is 0.377 e. The van der Waals surface area contributed by atoms with E-state index in [2.05, 4.69) is 5.10 Å². The molecule has 82 valence electrons. The number of aryl methyl sites for hydroxylation is 1. The minimum Gasteiger partial charge on any atom is -0.377 e. The first-order chi connectivity index (χ1) is 6.53. The Morgan fingerprint density at radius 2 is 2.00 bits per heavy atom. The van der Waals surface area contributed by atoms with Gasteiger partial charge in [0.2, 0.25) is 0 Å². The van der Waals surface area contributed by atoms with E-state index in [0.717, 1.165) is 12.2 Å². The summed E-state index contributed by atoms with van der Waals surface area (Å²) in [5.74, 6) is 0. The highest BCUT2D eigenvalue weighted by atomic mass is 16.5. The Balaban J connectivity index is 0.000000791. The van der Waals surface area contributed by atoms with Gasteiger partial charge in [-0.3, -0.25) is 4.68 Å². The summed E-state index contributed by atoms with van der Waals surface area (Å²) in [7, 11) is 1.72. The van der Waals surface area contributed by atoms with Gasteiger partial charge in [0.25, 0.3) is 0 Å². The van der Waals surface area contributed by atoms with Crippen molar-refractivity contribution in [3.05, 3.63) is 18.0 Å². The molecule has 0 unspecified atom stereocenters. The van der Waals surface area contributed by atoms with Crippen LogP contribution in [0, 0.1) is 6.92 Å². The zero-order valence-corrected chi connectivity index (χ0v) is 10.2. The number of ether oxygens (including phenoxy) is 1. The standard InChI is InChI=1S/C9H16N2O.C2H6/c1-8-5-6-11(10-8)7-9(2,3)12-4;1-2/h5-6H,7H2,1-4H3;1-2H3. The van der Waals surface area contributed by atoms with Gasteiger partial charge in [0.05, 0.1) is 17.8 Å². The zero-order valence-electron chi connectivity index (χ0n) is 10.2. The number of nitrogens with zero attached hydrogens (tertiary/aromatic N) is 2. The van der Waals surface area contributed by atoms with E-state index in [1.54, 1.807) is 7.11 Å². The van der Waals surface area contributed by atoms with Crippen molar-refractivity contribution in [3.8, 4) is 0 Å². The smallest absolute Gasteiger partial charge is 0.0817 e. The Kier molecular flexibility index (Phi) is 5.46. The molecule has 1 heterocycles. The quantitative estimate of drug-likeness (QED) is 0.746. The number of hydrogen-bond donors (Lipinski definition) is 0. The fraction of sp³-hybridized carbons (Fsp3) is 0.727. The van der Waals surface area contributed by atoms with Crippen LogP contribution in [0.3, 0.4) is 0 Å². The molecule has 0 aliphatic rings. The first kappa shape index (κ1) is 13.2. The van der Waals surface area contributed by atoms with Crippen LogP contribution in [0.15, 0.2) is 12.3 Å². The number of aromatic nitrogens is 2. The van der Waals surface area contributed by atoms with Crippen LogP contribution in [-0.2, 0) is 11.3 Å². The molecule has 0 fully saturated rings. The molecule has 0 spiro atoms. The van der Waals surface area contributed by atoms with Crippen LogP contribution >= 0.6 is 0 Å². The fourth-order valence-corrected chi connectivity index (χ4v) is 1.01. The van der Waals surface area contributed by atoms with Crippen LogP contribution in [0.25, 0.3) is 0 Å². The van der Waals surface area contributed by atoms with Crippen molar-refractivity contribution < 1.29 is 4.74 Å². The van der Waals surface area contributed by atoms with Crippen molar-refractivity contribution in [2.45, 2.75) is 46.8 Å². The molecule has 0 saturated heterocycles. The number of rotatable bonds is 3. The Morgan fingerprint density at radius 3 is 2.36 bits per heavy atom. The third-order valence-corrected chi connectivity index (χ3v) is 1.87. The predicted molar refractivity (Wildman–Crippen MR) is 59.4 cm³/mol. The molecule has 0 aromatic carbocycles. The molecule has 0 atom stereocenters. The molecule has 0 N–H and O–H groups in total. The molecule has 14 heavy (non-hydrogen) atoms. The molecule has 3 nitrogen and oxygen atoms in total. The molecule has 0 radical (unpaired) electrons. The maximum Gasteiger partial charge on any atom is 0.0817 e. The predicted octanol–water partition coefficient (Wildman–Crippen LogP) is 2.64. The van der Waals surface area contributed by atoms with Gasteiger partial charge in [-0.2, -0.15) is 5.10 Å². The molecule has 0 aliphatic heterocycles. The zero-order chi connectivity index (χ0) is 11.2. The highest BCUT2D eigenvalue weighted by Crippen LogP contribution is 2.10. The normalized spacial score (nSPS) is 10.7. The molecular weight excluding hydrogens is 176 g/mol. The topological polar surface area (TPSA) is 27.1 Å². The third kappa shape index (κ3) is 4.42. The first-order valence-corrected chi connectivity index (χ1v) is 5.09. The Labute approximate surface area is 87.1 Å². The van der Waals surface area contributed by atoms with E-state index >= 15 is 0 Å². The van der Waals surface area contributed by atoms with Crippen molar-refractivity contribution in [1.82, 2.24) is 9.78 Å². The average Bonchev–Trinajstić information content (AvgIpc) is 2.54. The van der Waals surface area contributed by atoms with Gasteiger partial charge in [0.1, 0.15) is 0 Å². The molecule has 0 amide bonds. The summed E-state index contributed by atoms with van der Waals surface area (Å²) in [6.07, 6.45) is 1.97. The molecule has 0 saturated carbocycles. The summed E-state index contributed by atoms with van der Waals surface area (Å²) in [5, 5.41) is 4.28. The number of hydrogen-bond acceptors (Lipinski definition) is 2. The van der Waals surface area contributed by atoms with Gasteiger partial charge < -0.3 is 4.74 Å². The van der Waals surface area contributed by atoms with E-state index in [1.165, 1.54) is 0 Å². The molecule has 1 aromatic heterocycles. The summed E-state index contributed by atoms with van der Waals surface area (Å²) in [6.45, 7) is 10.9. The lowest BCUT2D eigenvalue weighted by atomic mass is 10.1. The van der Waals surface area contributed by atoms with E-state index in [4.69, 9.17) is 4.74 Å². The minimum absolute atomic E-state index is 0.140. The van der Waals surface area contributed by atoms with Crippen molar-refractivity contribution >= 4 is 0 Å². The SMILES string of the molecule is CC.COC(C)(C)Cn1ccc(C)n1. The maximum absolute atomic E-state index is 5.29. The average molecular weight is 198 g/mol. The van der Waals surface area contributed by atoms with Gasteiger partial charge >= 0.3 is 0 Å². The van der Waals surface area contributed by atoms with Gasteiger partial charge in [-0.25, -0.2) is 0 Å². The van der Waals surface area contributed by atoms with E-state index in [9.17, 15) is 0 Å². The summed E-state index contributed by atoms with van der Waals surface area (Å²) >= 11 is 0. The van der Waals surface area contributed by atoms with Gasteiger partial charge in [-0.1, -0.05) is 13.8 Å². The second-order valence-corrected chi connectivity index (χ2v) is 3.62. The highest BCUT2D eigenvalue weighted by Gasteiger charge is 2.16. The lowest BCUT2D eigenvalue weighted by Crippen LogP contribution is -2.29. The Morgan fingerprint density at radius 1 is 1.43 bits per heavy atom. The second-order valence-electron chi connectivity index (χ2n) is 3.62. The highest BCUT2D eigenvalue weighted by molar-refractivity contribution is 4.95. The fourth-order valence-electron chi connectivity index (χ4n) is 1.01. The van der Waals surface area contributed by atoms with Crippen molar-refractivity contribution in [2.24, 2.45) is 0 Å². The molecular formula is C11H22N2O. The van der Waals surface area contributed by atoms with Crippen LogP contribution in [0.1, 0.15) is 33.4 Å². The van der Waals surface area contributed by atoms with Crippen molar-refractivity contribution in [1.29, 1.82) is 0 Å². The van der Waals surface area contributed by atoms with Crippen LogP contribution < -0.4 is 0 Å². The van der Waals surface area contributed by atoms with Gasteiger partial charge in [-0.05, 0) is 26.8 Å². The summed E-state index contributed by atoms with van der Waals surface area (Å²) < 4.78 is 7.19. The van der Waals surface area contributed by atoms with Crippen LogP contribution in [0.4, 0.5) is 0 Å². The maximum atomic E-state index is 5.29. The summed E-state index contributed by atoms with van der Waals surface area (Å²) in [4.78, 5) is 0. The van der Waals surface area contributed by atoms with E-state index in [1.807, 2.05) is 51.6 Å². The van der Waals surface area contributed by atoms with Gasteiger partial charge in [0.15, 0.2) is 0 Å². The summed E-state index contributed by atoms with van der Waals surface area (Å²) in [5.41, 5.74) is 0.903. The minimum atomic E-state index is -0.140. The molecule has 0 aliphatic carbocycles. The van der Waals surface area contributed by atoms with E-state index in [-0.39, 0.29) is 5.60 Å². The Hall–Kier alpha value is -0.830. The number of methoxy groups -OCH3 is 1. The third-order valence-electron chi connectivity index (χ3n) is 1.87. The van der Waals surface area contributed by atoms with E-state index in [0.29, 0.717) is 0 Å². The Bertz CT molecular complexity index is 254. The summed E-state index contributed by atoms with van der Waals surface area (Å²) in [6, 6.07) is 1.99. The second kappa shape index (κ2) is 5.81. The lowest BCUT2D eigenvalue weighted by molar-refractivity contribution is 0.00537. The van der Waals surface area contributed by atoms with Gasteiger partial charge in [0, 0.05) is 13.3 Å². The molecule has 0 bridgehead atoms. The van der Waals surface area contributed by atoms with Gasteiger partial charge in [-0.15, -0.1) is 0 Å². The van der Waals surface area contributed by atoms with Crippen LogP contribution in [-0.4, -0.2) is 22.5 Å². The van der Waals surface area contributed by atoms with Crippen LogP contribution in [0.5, 0.6) is 0 Å². The monoisotopic (exact) mass is 198 g/mol. The van der Waals surface area contributed by atoms with E-state index < -0.39 is 0 Å². The van der Waals surface area contributed by atoms with Crippen molar-refractivity contribution in [2.75, 3.05) is 7.11 Å². The van der Waals surface area contributed by atoms with Crippen molar-refractivity contribution in [3.63, 3.8) is 0 Å². The molecule has 1 aromatic rings. The first-order valence-electron chi connectivity index (χ1n) is 5.09.